The summed E-state index contributed by atoms with van der Waals surface area (Å²) in [6, 6.07) is 4.37. The Labute approximate surface area is 117 Å². The first-order chi connectivity index (χ1) is 9.35. The maximum absolute atomic E-state index is 11.8. The molecule has 1 heterocycles. The maximum Gasteiger partial charge on any atom is 0.261 e. The van der Waals surface area contributed by atoms with E-state index in [4.69, 9.17) is 0 Å². The molecule has 7 heteroatoms. The Morgan fingerprint density at radius 3 is 2.45 bits per heavy atom. The summed E-state index contributed by atoms with van der Waals surface area (Å²) in [5.74, 6) is -0.752. The van der Waals surface area contributed by atoms with Crippen LogP contribution in [0.2, 0.25) is 0 Å². The number of sulfonamides is 1. The van der Waals surface area contributed by atoms with Crippen LogP contribution < -0.4 is 4.72 Å². The van der Waals surface area contributed by atoms with E-state index < -0.39 is 15.9 Å². The van der Waals surface area contributed by atoms with Crippen molar-refractivity contribution in [2.75, 3.05) is 17.5 Å². The van der Waals surface area contributed by atoms with E-state index in [1.807, 2.05) is 6.92 Å². The zero-order valence-electron chi connectivity index (χ0n) is 11.3. The maximum atomic E-state index is 11.8. The van der Waals surface area contributed by atoms with E-state index in [1.54, 1.807) is 0 Å². The predicted molar refractivity (Wildman–Crippen MR) is 75.2 cm³/mol. The van der Waals surface area contributed by atoms with E-state index >= 15 is 0 Å². The number of nitrogens with one attached hydrogen (secondary N) is 1. The lowest BCUT2D eigenvalue weighted by Gasteiger charge is -2.08. The number of nitrogens with zero attached hydrogens (tertiary/aromatic N) is 1. The molecule has 0 saturated heterocycles. The molecular weight excluding hydrogens is 280 g/mol. The number of hydrogen-bond acceptors (Lipinski definition) is 4. The third-order valence-corrected chi connectivity index (χ3v) is 4.50. The molecule has 1 aliphatic heterocycles. The Morgan fingerprint density at radius 1 is 1.15 bits per heavy atom. The number of benzene rings is 1. The molecule has 0 atom stereocenters. The van der Waals surface area contributed by atoms with E-state index in [2.05, 4.69) is 4.72 Å². The van der Waals surface area contributed by atoms with Crippen molar-refractivity contribution in [2.24, 2.45) is 0 Å². The number of hydrogen-bond donors (Lipinski definition) is 1. The van der Waals surface area contributed by atoms with Crippen molar-refractivity contribution in [3.8, 4) is 0 Å². The average molecular weight is 296 g/mol. The van der Waals surface area contributed by atoms with Gasteiger partial charge in [-0.15, -0.1) is 0 Å². The first kappa shape index (κ1) is 14.5. The van der Waals surface area contributed by atoms with Crippen molar-refractivity contribution in [3.63, 3.8) is 0 Å². The van der Waals surface area contributed by atoms with Crippen molar-refractivity contribution in [2.45, 2.75) is 19.8 Å². The molecule has 0 aliphatic carbocycles. The van der Waals surface area contributed by atoms with Crippen LogP contribution in [0.4, 0.5) is 5.69 Å². The standard InChI is InChI=1S/C13H16N2O4S/c1-3-4-7-20(18,19)14-9-5-6-10-11(8-9)13(17)15(2)12(10)16/h5-6,8,14H,3-4,7H2,1-2H3. The lowest BCUT2D eigenvalue weighted by molar-refractivity contribution is 0.0693. The number of amides is 2. The van der Waals surface area contributed by atoms with Crippen LogP contribution in [0.25, 0.3) is 0 Å². The van der Waals surface area contributed by atoms with E-state index in [1.165, 1.54) is 25.2 Å². The second-order valence-corrected chi connectivity index (χ2v) is 6.55. The van der Waals surface area contributed by atoms with Gasteiger partial charge in [0.15, 0.2) is 0 Å². The van der Waals surface area contributed by atoms with Crippen LogP contribution in [0.15, 0.2) is 18.2 Å². The topological polar surface area (TPSA) is 83.6 Å². The highest BCUT2D eigenvalue weighted by molar-refractivity contribution is 7.92. The van der Waals surface area contributed by atoms with Gasteiger partial charge in [0.1, 0.15) is 0 Å². The van der Waals surface area contributed by atoms with E-state index in [0.29, 0.717) is 17.7 Å². The van der Waals surface area contributed by atoms with Gasteiger partial charge in [-0.2, -0.15) is 0 Å². The molecule has 108 valence electrons. The molecule has 1 aromatic carbocycles. The lowest BCUT2D eigenvalue weighted by atomic mass is 10.1. The molecule has 6 nitrogen and oxygen atoms in total. The van der Waals surface area contributed by atoms with Gasteiger partial charge in [-0.1, -0.05) is 13.3 Å². The number of unbranched alkanes of at least 4 members (excludes halogenated alkanes) is 1. The van der Waals surface area contributed by atoms with Gasteiger partial charge in [0.25, 0.3) is 11.8 Å². The molecule has 2 amide bonds. The van der Waals surface area contributed by atoms with Gasteiger partial charge in [-0.25, -0.2) is 8.42 Å². The summed E-state index contributed by atoms with van der Waals surface area (Å²) in [5, 5.41) is 0. The zero-order valence-corrected chi connectivity index (χ0v) is 12.2. The molecule has 1 N–H and O–H groups in total. The van der Waals surface area contributed by atoms with E-state index in [0.717, 1.165) is 11.3 Å². The molecule has 0 saturated carbocycles. The van der Waals surface area contributed by atoms with Gasteiger partial charge in [0.05, 0.1) is 16.9 Å². The van der Waals surface area contributed by atoms with Crippen LogP contribution in [0.3, 0.4) is 0 Å². The van der Waals surface area contributed by atoms with E-state index in [9.17, 15) is 18.0 Å². The minimum absolute atomic E-state index is 0.0351. The summed E-state index contributed by atoms with van der Waals surface area (Å²) >= 11 is 0. The molecule has 0 aromatic heterocycles. The fourth-order valence-electron chi connectivity index (χ4n) is 1.99. The Balaban J connectivity index is 2.26. The molecule has 0 radical (unpaired) electrons. The molecule has 1 aromatic rings. The molecule has 0 unspecified atom stereocenters. The third kappa shape index (κ3) is 2.67. The van der Waals surface area contributed by atoms with Crippen molar-refractivity contribution in [1.29, 1.82) is 0 Å². The Bertz CT molecular complexity index is 667. The van der Waals surface area contributed by atoms with Crippen molar-refractivity contribution < 1.29 is 18.0 Å². The van der Waals surface area contributed by atoms with Crippen LogP contribution in [0.5, 0.6) is 0 Å². The summed E-state index contributed by atoms with van der Waals surface area (Å²) < 4.78 is 26.0. The smallest absolute Gasteiger partial charge is 0.261 e. The molecular formula is C13H16N2O4S. The van der Waals surface area contributed by atoms with Crippen LogP contribution in [0.1, 0.15) is 40.5 Å². The summed E-state index contributed by atoms with van der Waals surface area (Å²) in [4.78, 5) is 24.5. The normalized spacial score (nSPS) is 14.6. The Kier molecular flexibility index (Phi) is 3.80. The first-order valence-corrected chi connectivity index (χ1v) is 7.98. The van der Waals surface area contributed by atoms with Gasteiger partial charge >= 0.3 is 0 Å². The Morgan fingerprint density at radius 2 is 1.80 bits per heavy atom. The van der Waals surface area contributed by atoms with Crippen molar-refractivity contribution in [3.05, 3.63) is 29.3 Å². The zero-order chi connectivity index (χ0) is 14.9. The minimum Gasteiger partial charge on any atom is -0.284 e. The quantitative estimate of drug-likeness (QED) is 0.834. The van der Waals surface area contributed by atoms with Gasteiger partial charge in [0, 0.05) is 12.7 Å². The number of rotatable bonds is 5. The monoisotopic (exact) mass is 296 g/mol. The summed E-state index contributed by atoms with van der Waals surface area (Å²) in [5.41, 5.74) is 0.832. The minimum atomic E-state index is -3.42. The van der Waals surface area contributed by atoms with E-state index in [-0.39, 0.29) is 17.2 Å². The van der Waals surface area contributed by atoms with Crippen molar-refractivity contribution in [1.82, 2.24) is 4.90 Å². The van der Waals surface area contributed by atoms with Gasteiger partial charge in [-0.05, 0) is 24.6 Å². The number of anilines is 1. The van der Waals surface area contributed by atoms with Gasteiger partial charge < -0.3 is 0 Å². The van der Waals surface area contributed by atoms with Crippen molar-refractivity contribution >= 4 is 27.5 Å². The number of carbonyl (C=O) groups excluding carboxylic acids is 2. The highest BCUT2D eigenvalue weighted by Crippen LogP contribution is 2.25. The van der Waals surface area contributed by atoms with Crippen LogP contribution in [-0.2, 0) is 10.0 Å². The summed E-state index contributed by atoms with van der Waals surface area (Å²) in [6.07, 6.45) is 1.35. The fraction of sp³-hybridized carbons (Fsp3) is 0.385. The Hall–Kier alpha value is -1.89. The highest BCUT2D eigenvalue weighted by Gasteiger charge is 2.32. The van der Waals surface area contributed by atoms with Crippen LogP contribution >= 0.6 is 0 Å². The molecule has 0 spiro atoms. The lowest BCUT2D eigenvalue weighted by Crippen LogP contribution is -2.24. The SMILES string of the molecule is CCCCS(=O)(=O)Nc1ccc2c(c1)C(=O)N(C)C2=O. The fourth-order valence-corrected chi connectivity index (χ4v) is 3.25. The third-order valence-electron chi connectivity index (χ3n) is 3.13. The molecule has 0 fully saturated rings. The summed E-state index contributed by atoms with van der Waals surface area (Å²) in [7, 11) is -2.02. The van der Waals surface area contributed by atoms with Gasteiger partial charge in [0.2, 0.25) is 10.0 Å². The number of imide groups is 1. The summed E-state index contributed by atoms with van der Waals surface area (Å²) in [6.45, 7) is 1.91. The molecule has 2 rings (SSSR count). The second kappa shape index (κ2) is 5.24. The predicted octanol–water partition coefficient (Wildman–Crippen LogP) is 1.45. The van der Waals surface area contributed by atoms with Crippen LogP contribution in [0, 0.1) is 0 Å². The number of fused-ring (bicyclic) bond motifs is 1. The largest absolute Gasteiger partial charge is 0.284 e. The number of carbonyl (C=O) groups is 2. The second-order valence-electron chi connectivity index (χ2n) is 4.70. The molecule has 0 bridgehead atoms. The molecule has 1 aliphatic rings. The average Bonchev–Trinajstić information content (AvgIpc) is 2.61. The highest BCUT2D eigenvalue weighted by atomic mass is 32.2. The van der Waals surface area contributed by atoms with Gasteiger partial charge in [-0.3, -0.25) is 19.2 Å². The molecule has 20 heavy (non-hydrogen) atoms. The first-order valence-electron chi connectivity index (χ1n) is 6.32. The van der Waals surface area contributed by atoms with Crippen LogP contribution in [-0.4, -0.2) is 37.9 Å².